The molecule has 2 N–H and O–H groups in total. The molecule has 7 nitrogen and oxygen atoms in total. The molecule has 2 aromatic carbocycles. The Morgan fingerprint density at radius 3 is 2.77 bits per heavy atom. The van der Waals surface area contributed by atoms with Crippen LogP contribution in [0, 0.1) is 5.82 Å². The summed E-state index contributed by atoms with van der Waals surface area (Å²) in [6.45, 7) is 0.441. The van der Waals surface area contributed by atoms with Crippen molar-refractivity contribution in [3.63, 3.8) is 0 Å². The Kier molecular flexibility index (Phi) is 4.17. The maximum absolute atomic E-state index is 14.2. The molecule has 0 aliphatic carbocycles. The molecule has 0 aliphatic heterocycles. The van der Waals surface area contributed by atoms with Crippen molar-refractivity contribution in [2.75, 3.05) is 0 Å². The first kappa shape index (κ1) is 17.9. The molecule has 5 rings (SSSR count). The van der Waals surface area contributed by atoms with Crippen LogP contribution in [0.4, 0.5) is 4.39 Å². The first-order chi connectivity index (χ1) is 14.6. The number of primary amides is 1. The summed E-state index contributed by atoms with van der Waals surface area (Å²) < 4.78 is 15.9. The molecule has 0 spiro atoms. The van der Waals surface area contributed by atoms with E-state index in [1.807, 2.05) is 30.3 Å². The Labute approximate surface area is 170 Å². The number of pyridine rings is 2. The van der Waals surface area contributed by atoms with Crippen molar-refractivity contribution in [1.82, 2.24) is 25.0 Å². The van der Waals surface area contributed by atoms with E-state index in [0.29, 0.717) is 29.0 Å². The molecular formula is C22H15FN6O. The van der Waals surface area contributed by atoms with Gasteiger partial charge in [-0.3, -0.25) is 9.78 Å². The van der Waals surface area contributed by atoms with Crippen molar-refractivity contribution in [1.29, 1.82) is 0 Å². The van der Waals surface area contributed by atoms with Gasteiger partial charge in [-0.2, -0.15) is 0 Å². The molecule has 5 aromatic rings. The van der Waals surface area contributed by atoms with Gasteiger partial charge in [0.25, 0.3) is 5.91 Å². The van der Waals surface area contributed by atoms with E-state index >= 15 is 0 Å². The molecule has 0 bridgehead atoms. The number of rotatable bonds is 4. The van der Waals surface area contributed by atoms with Gasteiger partial charge in [0.05, 0.1) is 23.3 Å². The van der Waals surface area contributed by atoms with E-state index < -0.39 is 11.7 Å². The number of benzene rings is 2. The predicted octanol–water partition coefficient (Wildman–Crippen LogP) is 3.33. The number of hydrogen-bond donors (Lipinski definition) is 1. The van der Waals surface area contributed by atoms with Crippen LogP contribution in [0.25, 0.3) is 33.3 Å². The van der Waals surface area contributed by atoms with Crippen molar-refractivity contribution >= 4 is 28.0 Å². The minimum atomic E-state index is -0.812. The van der Waals surface area contributed by atoms with Crippen LogP contribution in [0.5, 0.6) is 0 Å². The standard InChI is InChI=1S/C22H15FN6O/c23-17-11-14(6-7-16(17)21(24)30)18-8-9-19-22(26-18)29(28-27-19)12-15-4-1-3-13-5-2-10-25-20(13)15/h1-11H,12H2,(H2,24,30). The van der Waals surface area contributed by atoms with Crippen LogP contribution in [0.1, 0.15) is 15.9 Å². The first-order valence-electron chi connectivity index (χ1n) is 9.23. The summed E-state index contributed by atoms with van der Waals surface area (Å²) in [7, 11) is 0. The number of carbonyl (C=O) groups excluding carboxylic acids is 1. The molecule has 0 saturated heterocycles. The molecule has 0 fully saturated rings. The molecule has 3 aromatic heterocycles. The van der Waals surface area contributed by atoms with E-state index in [1.165, 1.54) is 12.1 Å². The molecule has 0 saturated carbocycles. The number of nitrogens with two attached hydrogens (primary N) is 1. The highest BCUT2D eigenvalue weighted by molar-refractivity contribution is 5.93. The lowest BCUT2D eigenvalue weighted by Gasteiger charge is -2.07. The summed E-state index contributed by atoms with van der Waals surface area (Å²) in [4.78, 5) is 20.4. The highest BCUT2D eigenvalue weighted by Crippen LogP contribution is 2.23. The second-order valence-electron chi connectivity index (χ2n) is 6.84. The average molecular weight is 398 g/mol. The van der Waals surface area contributed by atoms with Gasteiger partial charge >= 0.3 is 0 Å². The first-order valence-corrected chi connectivity index (χ1v) is 9.23. The number of para-hydroxylation sites is 1. The molecule has 0 atom stereocenters. The topological polar surface area (TPSA) is 99.6 Å². The van der Waals surface area contributed by atoms with Crippen molar-refractivity contribution in [2.45, 2.75) is 6.54 Å². The highest BCUT2D eigenvalue weighted by atomic mass is 19.1. The molecule has 3 heterocycles. The average Bonchev–Trinajstić information content (AvgIpc) is 3.16. The van der Waals surface area contributed by atoms with Gasteiger partial charge in [-0.05, 0) is 35.9 Å². The Morgan fingerprint density at radius 1 is 1.07 bits per heavy atom. The maximum atomic E-state index is 14.2. The largest absolute Gasteiger partial charge is 0.366 e. The van der Waals surface area contributed by atoms with Gasteiger partial charge in [-0.25, -0.2) is 14.1 Å². The molecule has 0 aliphatic rings. The van der Waals surface area contributed by atoms with Gasteiger partial charge < -0.3 is 5.73 Å². The van der Waals surface area contributed by atoms with Crippen LogP contribution in [0.2, 0.25) is 0 Å². The zero-order valence-corrected chi connectivity index (χ0v) is 15.7. The number of aromatic nitrogens is 5. The van der Waals surface area contributed by atoms with Crippen molar-refractivity contribution in [2.24, 2.45) is 5.73 Å². The Hall–Kier alpha value is -4.20. The molecular weight excluding hydrogens is 383 g/mol. The smallest absolute Gasteiger partial charge is 0.251 e. The Bertz CT molecular complexity index is 1420. The normalized spacial score (nSPS) is 11.2. The fourth-order valence-electron chi connectivity index (χ4n) is 3.45. The van der Waals surface area contributed by atoms with E-state index in [-0.39, 0.29) is 5.56 Å². The SMILES string of the molecule is NC(=O)c1ccc(-c2ccc3nnn(Cc4cccc5cccnc45)c3n2)cc1F. The number of halogens is 1. The molecule has 8 heteroatoms. The van der Waals surface area contributed by atoms with Gasteiger partial charge in [-0.1, -0.05) is 35.5 Å². The fourth-order valence-corrected chi connectivity index (χ4v) is 3.45. The number of nitrogens with zero attached hydrogens (tertiary/aromatic N) is 5. The zero-order chi connectivity index (χ0) is 20.7. The maximum Gasteiger partial charge on any atom is 0.251 e. The van der Waals surface area contributed by atoms with Gasteiger partial charge in [0.2, 0.25) is 0 Å². The highest BCUT2D eigenvalue weighted by Gasteiger charge is 2.13. The van der Waals surface area contributed by atoms with Gasteiger partial charge in [0.1, 0.15) is 11.3 Å². The summed E-state index contributed by atoms with van der Waals surface area (Å²) in [5.74, 6) is -1.50. The molecule has 1 amide bonds. The third-order valence-corrected chi connectivity index (χ3v) is 4.93. The summed E-state index contributed by atoms with van der Waals surface area (Å²) in [6.07, 6.45) is 1.76. The lowest BCUT2D eigenvalue weighted by Crippen LogP contribution is -2.13. The fraction of sp³-hybridized carbons (Fsp3) is 0.0455. The third kappa shape index (κ3) is 3.04. The predicted molar refractivity (Wildman–Crippen MR) is 110 cm³/mol. The van der Waals surface area contributed by atoms with Crippen LogP contribution in [0.3, 0.4) is 0 Å². The van der Waals surface area contributed by atoms with Crippen molar-refractivity contribution < 1.29 is 9.18 Å². The molecule has 146 valence electrons. The molecule has 30 heavy (non-hydrogen) atoms. The zero-order valence-electron chi connectivity index (χ0n) is 15.7. The van der Waals surface area contributed by atoms with Crippen molar-refractivity contribution in [3.8, 4) is 11.3 Å². The van der Waals surface area contributed by atoms with Crippen LogP contribution < -0.4 is 5.73 Å². The van der Waals surface area contributed by atoms with Gasteiger partial charge in [-0.15, -0.1) is 5.10 Å². The monoisotopic (exact) mass is 398 g/mol. The molecule has 0 unspecified atom stereocenters. The van der Waals surface area contributed by atoms with E-state index in [2.05, 4.69) is 20.3 Å². The Morgan fingerprint density at radius 2 is 1.93 bits per heavy atom. The van der Waals surface area contributed by atoms with Gasteiger partial charge in [0, 0.05) is 17.1 Å². The summed E-state index contributed by atoms with van der Waals surface area (Å²) in [5.41, 5.74) is 9.16. The van der Waals surface area contributed by atoms with Crippen LogP contribution in [0.15, 0.2) is 66.9 Å². The summed E-state index contributed by atoms with van der Waals surface area (Å²) in [5, 5.41) is 9.45. The minimum Gasteiger partial charge on any atom is -0.366 e. The quantitative estimate of drug-likeness (QED) is 0.501. The minimum absolute atomic E-state index is 0.157. The third-order valence-electron chi connectivity index (χ3n) is 4.93. The van der Waals surface area contributed by atoms with E-state index in [9.17, 15) is 9.18 Å². The van der Waals surface area contributed by atoms with Gasteiger partial charge in [0.15, 0.2) is 5.65 Å². The number of carbonyl (C=O) groups is 1. The van der Waals surface area contributed by atoms with Crippen LogP contribution in [-0.2, 0) is 6.54 Å². The van der Waals surface area contributed by atoms with Crippen molar-refractivity contribution in [3.05, 3.63) is 83.8 Å². The summed E-state index contributed by atoms with van der Waals surface area (Å²) in [6, 6.07) is 17.6. The van der Waals surface area contributed by atoms with E-state index in [4.69, 9.17) is 5.73 Å². The van der Waals surface area contributed by atoms with E-state index in [1.54, 1.807) is 29.1 Å². The molecule has 0 radical (unpaired) electrons. The lowest BCUT2D eigenvalue weighted by atomic mass is 10.1. The van der Waals surface area contributed by atoms with Crippen LogP contribution >= 0.6 is 0 Å². The van der Waals surface area contributed by atoms with Crippen LogP contribution in [-0.4, -0.2) is 30.9 Å². The lowest BCUT2D eigenvalue weighted by molar-refractivity contribution is 0.0996. The second-order valence-corrected chi connectivity index (χ2v) is 6.84. The van der Waals surface area contributed by atoms with E-state index in [0.717, 1.165) is 16.5 Å². The number of hydrogen-bond acceptors (Lipinski definition) is 5. The number of amides is 1. The number of fused-ring (bicyclic) bond motifs is 2. The Balaban J connectivity index is 1.57. The second kappa shape index (κ2) is 7.00. The summed E-state index contributed by atoms with van der Waals surface area (Å²) >= 11 is 0.